The topological polar surface area (TPSA) is 66.2 Å². The molecule has 1 aromatic carbocycles. The van der Waals surface area contributed by atoms with E-state index in [-0.39, 0.29) is 29.8 Å². The molecule has 0 amide bonds. The van der Waals surface area contributed by atoms with Gasteiger partial charge < -0.3 is 9.47 Å². The Hall–Kier alpha value is -2.84. The van der Waals surface area contributed by atoms with Crippen LogP contribution in [-0.2, 0) is 15.7 Å². The Morgan fingerprint density at radius 3 is 2.65 bits per heavy atom. The molecule has 26 heavy (non-hydrogen) atoms. The highest BCUT2D eigenvalue weighted by molar-refractivity contribution is 5.85. The smallest absolute Gasteiger partial charge is 0.416 e. The molecule has 0 saturated heterocycles. The lowest BCUT2D eigenvalue weighted by Crippen LogP contribution is -2.08. The number of hydrogen-bond donors (Lipinski definition) is 0. The minimum absolute atomic E-state index is 0.0685. The molecule has 140 valence electrons. The third-order valence-corrected chi connectivity index (χ3v) is 3.03. The van der Waals surface area contributed by atoms with Crippen molar-refractivity contribution in [3.05, 3.63) is 36.2 Å². The van der Waals surface area contributed by atoms with Gasteiger partial charge in [-0.15, -0.1) is 5.10 Å². The van der Waals surface area contributed by atoms with Gasteiger partial charge >= 0.3 is 12.1 Å². The number of alkyl halides is 3. The monoisotopic (exact) mass is 369 g/mol. The molecule has 0 atom stereocenters. The first kappa shape index (κ1) is 19.5. The zero-order chi connectivity index (χ0) is 19.3. The fourth-order valence-electron chi connectivity index (χ4n) is 2.03. The molecule has 0 N–H and O–H groups in total. The Bertz CT molecular complexity index is 798. The summed E-state index contributed by atoms with van der Waals surface area (Å²) in [6, 6.07) is 3.29. The number of halogens is 3. The second-order valence-corrected chi connectivity index (χ2v) is 5.53. The largest absolute Gasteiger partial charge is 0.494 e. The summed E-state index contributed by atoms with van der Waals surface area (Å²) >= 11 is 0. The van der Waals surface area contributed by atoms with Crippen LogP contribution >= 0.6 is 0 Å². The van der Waals surface area contributed by atoms with Crippen LogP contribution in [0.15, 0.2) is 30.6 Å². The average molecular weight is 369 g/mol. The standard InChI is InChI=1S/C17H18F3N3O3/c1-4-25-14-8-12(7-13(9-14)17(18,19)20)16-21-10-23(22-16)6-5-15(24)26-11(2)3/h5-11H,4H2,1-3H3/b6-5-. The molecule has 1 heterocycles. The van der Waals surface area contributed by atoms with Crippen LogP contribution in [0.4, 0.5) is 13.2 Å². The van der Waals surface area contributed by atoms with Crippen molar-refractivity contribution in [1.82, 2.24) is 14.8 Å². The van der Waals surface area contributed by atoms with Crippen molar-refractivity contribution in [2.45, 2.75) is 33.1 Å². The normalized spacial score (nSPS) is 12.0. The maximum Gasteiger partial charge on any atom is 0.416 e. The van der Waals surface area contributed by atoms with Gasteiger partial charge in [0.2, 0.25) is 0 Å². The van der Waals surface area contributed by atoms with Gasteiger partial charge in [0.15, 0.2) is 5.82 Å². The third kappa shape index (κ3) is 5.33. The summed E-state index contributed by atoms with van der Waals surface area (Å²) in [6.07, 6.45) is -1.06. The lowest BCUT2D eigenvalue weighted by atomic mass is 10.1. The summed E-state index contributed by atoms with van der Waals surface area (Å²) in [5.74, 6) is -0.418. The highest BCUT2D eigenvalue weighted by Crippen LogP contribution is 2.34. The molecule has 0 aliphatic heterocycles. The SMILES string of the molecule is CCOc1cc(-c2ncn(/C=C\C(=O)OC(C)C)n2)cc(C(F)(F)F)c1. The van der Waals surface area contributed by atoms with Crippen LogP contribution in [0.2, 0.25) is 0 Å². The quantitative estimate of drug-likeness (QED) is 0.573. The minimum atomic E-state index is -4.52. The van der Waals surface area contributed by atoms with Gasteiger partial charge in [0, 0.05) is 17.8 Å². The number of esters is 1. The number of carbonyl (C=O) groups excluding carboxylic acids is 1. The van der Waals surface area contributed by atoms with E-state index in [2.05, 4.69) is 10.1 Å². The molecular weight excluding hydrogens is 351 g/mol. The van der Waals surface area contributed by atoms with Gasteiger partial charge in [-0.3, -0.25) is 0 Å². The first-order chi connectivity index (χ1) is 12.2. The van der Waals surface area contributed by atoms with Gasteiger partial charge in [-0.05, 0) is 39.0 Å². The predicted octanol–water partition coefficient (Wildman–Crippen LogP) is 3.78. The van der Waals surface area contributed by atoms with E-state index in [9.17, 15) is 18.0 Å². The van der Waals surface area contributed by atoms with E-state index >= 15 is 0 Å². The van der Waals surface area contributed by atoms with Crippen molar-refractivity contribution >= 4 is 12.2 Å². The van der Waals surface area contributed by atoms with E-state index < -0.39 is 17.7 Å². The van der Waals surface area contributed by atoms with Crippen LogP contribution in [-0.4, -0.2) is 33.4 Å². The van der Waals surface area contributed by atoms with E-state index in [1.54, 1.807) is 20.8 Å². The van der Waals surface area contributed by atoms with Gasteiger partial charge in [0.1, 0.15) is 12.1 Å². The van der Waals surface area contributed by atoms with Crippen molar-refractivity contribution < 1.29 is 27.4 Å². The molecule has 0 radical (unpaired) electrons. The molecule has 2 aromatic rings. The summed E-state index contributed by atoms with van der Waals surface area (Å²) in [4.78, 5) is 15.4. The molecule has 0 fully saturated rings. The Kier molecular flexibility index (Phi) is 6.01. The van der Waals surface area contributed by atoms with E-state index in [4.69, 9.17) is 9.47 Å². The second kappa shape index (κ2) is 8.03. The van der Waals surface area contributed by atoms with Crippen molar-refractivity contribution in [2.75, 3.05) is 6.61 Å². The maximum absolute atomic E-state index is 13.1. The number of carbonyl (C=O) groups is 1. The maximum atomic E-state index is 13.1. The Morgan fingerprint density at radius 1 is 1.31 bits per heavy atom. The number of ether oxygens (including phenoxy) is 2. The number of aromatic nitrogens is 3. The Balaban J connectivity index is 2.29. The summed E-state index contributed by atoms with van der Waals surface area (Å²) in [5.41, 5.74) is -0.703. The lowest BCUT2D eigenvalue weighted by Gasteiger charge is -2.11. The van der Waals surface area contributed by atoms with E-state index in [1.165, 1.54) is 23.3 Å². The van der Waals surface area contributed by atoms with Gasteiger partial charge in [0.05, 0.1) is 18.3 Å². The van der Waals surface area contributed by atoms with Crippen LogP contribution in [0.25, 0.3) is 17.6 Å². The van der Waals surface area contributed by atoms with Crippen LogP contribution in [0, 0.1) is 0 Å². The number of benzene rings is 1. The van der Waals surface area contributed by atoms with E-state index in [1.807, 2.05) is 0 Å². The molecule has 0 saturated carbocycles. The van der Waals surface area contributed by atoms with Crippen molar-refractivity contribution in [1.29, 1.82) is 0 Å². The number of nitrogens with zero attached hydrogens (tertiary/aromatic N) is 3. The van der Waals surface area contributed by atoms with Crippen molar-refractivity contribution in [3.63, 3.8) is 0 Å². The third-order valence-electron chi connectivity index (χ3n) is 3.03. The zero-order valence-corrected chi connectivity index (χ0v) is 14.4. The summed E-state index contributed by atoms with van der Waals surface area (Å²) in [6.45, 7) is 5.32. The summed E-state index contributed by atoms with van der Waals surface area (Å²) in [5, 5.41) is 4.04. The summed E-state index contributed by atoms with van der Waals surface area (Å²) in [7, 11) is 0. The highest BCUT2D eigenvalue weighted by atomic mass is 19.4. The molecule has 0 aliphatic rings. The summed E-state index contributed by atoms with van der Waals surface area (Å²) < 4.78 is 50.5. The first-order valence-corrected chi connectivity index (χ1v) is 7.84. The van der Waals surface area contributed by atoms with Gasteiger partial charge in [-0.2, -0.15) is 13.2 Å². The fraction of sp³-hybridized carbons (Fsp3) is 0.353. The van der Waals surface area contributed by atoms with Crippen LogP contribution in [0.1, 0.15) is 26.3 Å². The number of rotatable bonds is 6. The van der Waals surface area contributed by atoms with Crippen molar-refractivity contribution in [2.24, 2.45) is 0 Å². The molecule has 6 nitrogen and oxygen atoms in total. The number of hydrogen-bond acceptors (Lipinski definition) is 5. The van der Waals surface area contributed by atoms with E-state index in [0.717, 1.165) is 18.2 Å². The van der Waals surface area contributed by atoms with Crippen LogP contribution < -0.4 is 4.74 Å². The highest BCUT2D eigenvalue weighted by Gasteiger charge is 2.32. The molecule has 0 spiro atoms. The fourth-order valence-corrected chi connectivity index (χ4v) is 2.03. The molecular formula is C17H18F3N3O3. The zero-order valence-electron chi connectivity index (χ0n) is 14.4. The Labute approximate surface area is 148 Å². The molecule has 0 bridgehead atoms. The minimum Gasteiger partial charge on any atom is -0.494 e. The predicted molar refractivity (Wildman–Crippen MR) is 88.2 cm³/mol. The van der Waals surface area contributed by atoms with E-state index in [0.29, 0.717) is 0 Å². The van der Waals surface area contributed by atoms with Gasteiger partial charge in [0.25, 0.3) is 0 Å². The van der Waals surface area contributed by atoms with Gasteiger partial charge in [-0.1, -0.05) is 0 Å². The van der Waals surface area contributed by atoms with Crippen LogP contribution in [0.5, 0.6) is 5.75 Å². The lowest BCUT2D eigenvalue weighted by molar-refractivity contribution is -0.141. The molecule has 1 aromatic heterocycles. The van der Waals surface area contributed by atoms with Gasteiger partial charge in [-0.25, -0.2) is 14.5 Å². The Morgan fingerprint density at radius 2 is 2.04 bits per heavy atom. The molecule has 2 rings (SSSR count). The molecule has 0 aliphatic carbocycles. The average Bonchev–Trinajstić information content (AvgIpc) is 3.00. The molecule has 0 unspecified atom stereocenters. The van der Waals surface area contributed by atoms with Crippen molar-refractivity contribution in [3.8, 4) is 17.1 Å². The first-order valence-electron chi connectivity index (χ1n) is 7.84. The second-order valence-electron chi connectivity index (χ2n) is 5.53. The molecule has 9 heteroatoms. The van der Waals surface area contributed by atoms with Crippen LogP contribution in [0.3, 0.4) is 0 Å².